The van der Waals surface area contributed by atoms with E-state index in [9.17, 15) is 0 Å². The van der Waals surface area contributed by atoms with Gasteiger partial charge in [0, 0.05) is 41.1 Å². The van der Waals surface area contributed by atoms with E-state index in [2.05, 4.69) is 41.5 Å². The summed E-state index contributed by atoms with van der Waals surface area (Å²) in [5, 5.41) is 10.7. The highest BCUT2D eigenvalue weighted by Crippen LogP contribution is 2.15. The molecule has 1 heterocycles. The van der Waals surface area contributed by atoms with Gasteiger partial charge in [-0.2, -0.15) is 11.8 Å². The van der Waals surface area contributed by atoms with Gasteiger partial charge in [0.1, 0.15) is 0 Å². The molecule has 0 fully saturated rings. The Morgan fingerprint density at radius 2 is 2.35 bits per heavy atom. The fourth-order valence-corrected chi connectivity index (χ4v) is 2.73. The highest BCUT2D eigenvalue weighted by Gasteiger charge is 2.02. The molecule has 0 amide bonds. The first-order valence-electron chi connectivity index (χ1n) is 5.61. The van der Waals surface area contributed by atoms with Crippen molar-refractivity contribution in [1.29, 1.82) is 0 Å². The van der Waals surface area contributed by atoms with E-state index in [1.54, 1.807) is 11.3 Å². The zero-order valence-electron chi connectivity index (χ0n) is 10.4. The summed E-state index contributed by atoms with van der Waals surface area (Å²) in [5.74, 6) is 7.17. The van der Waals surface area contributed by atoms with Crippen LogP contribution in [-0.4, -0.2) is 42.2 Å². The molecule has 17 heavy (non-hydrogen) atoms. The Hall–Kier alpha value is -0.470. The van der Waals surface area contributed by atoms with Crippen LogP contribution in [0.1, 0.15) is 16.9 Å². The average Bonchev–Trinajstić information content (AvgIpc) is 2.74. The summed E-state index contributed by atoms with van der Waals surface area (Å²) < 4.78 is 0. The Bertz CT molecular complexity index is 378. The van der Waals surface area contributed by atoms with Crippen LogP contribution in [0.3, 0.4) is 0 Å². The minimum absolute atomic E-state index is 0.140. The number of hydrogen-bond donors (Lipinski definition) is 1. The first-order valence-corrected chi connectivity index (χ1v) is 7.88. The van der Waals surface area contributed by atoms with Crippen LogP contribution < -0.4 is 0 Å². The standard InChI is InChI=1S/C13H19NOS2/c1-14(6-8-16-2)10-13-9-12(11-17-13)5-3-4-7-15/h9,11,15H,4,6-8,10H2,1-2H3. The van der Waals surface area contributed by atoms with Gasteiger partial charge in [0.2, 0.25) is 0 Å². The topological polar surface area (TPSA) is 23.5 Å². The van der Waals surface area contributed by atoms with Crippen LogP contribution in [-0.2, 0) is 6.54 Å². The summed E-state index contributed by atoms with van der Waals surface area (Å²) in [6.07, 6.45) is 2.69. The monoisotopic (exact) mass is 269 g/mol. The molecule has 1 N–H and O–H groups in total. The lowest BCUT2D eigenvalue weighted by Crippen LogP contribution is -2.19. The maximum atomic E-state index is 8.64. The fraction of sp³-hybridized carbons (Fsp3) is 0.538. The van der Waals surface area contributed by atoms with Crippen molar-refractivity contribution in [2.45, 2.75) is 13.0 Å². The number of aliphatic hydroxyl groups excluding tert-OH is 1. The van der Waals surface area contributed by atoms with E-state index < -0.39 is 0 Å². The zero-order chi connectivity index (χ0) is 12.5. The summed E-state index contributed by atoms with van der Waals surface area (Å²) in [5.41, 5.74) is 1.07. The molecule has 0 aliphatic heterocycles. The first-order chi connectivity index (χ1) is 8.26. The zero-order valence-corrected chi connectivity index (χ0v) is 12.0. The van der Waals surface area contributed by atoms with E-state index in [1.165, 1.54) is 10.6 Å². The van der Waals surface area contributed by atoms with Crippen LogP contribution in [0.2, 0.25) is 0 Å². The summed E-state index contributed by atoms with van der Waals surface area (Å²) in [6.45, 7) is 2.25. The third-order valence-electron chi connectivity index (χ3n) is 2.23. The van der Waals surface area contributed by atoms with Gasteiger partial charge in [0.15, 0.2) is 0 Å². The van der Waals surface area contributed by atoms with Crippen molar-refractivity contribution >= 4 is 23.1 Å². The third-order valence-corrected chi connectivity index (χ3v) is 3.74. The van der Waals surface area contributed by atoms with E-state index >= 15 is 0 Å². The highest BCUT2D eigenvalue weighted by molar-refractivity contribution is 7.98. The SMILES string of the molecule is CSCCN(C)Cc1cc(C#CCCO)cs1. The van der Waals surface area contributed by atoms with Crippen molar-refractivity contribution in [2.24, 2.45) is 0 Å². The summed E-state index contributed by atoms with van der Waals surface area (Å²) in [7, 11) is 2.15. The molecule has 0 saturated carbocycles. The van der Waals surface area contributed by atoms with Gasteiger partial charge in [-0.1, -0.05) is 11.8 Å². The highest BCUT2D eigenvalue weighted by atomic mass is 32.2. The van der Waals surface area contributed by atoms with E-state index in [4.69, 9.17) is 5.11 Å². The van der Waals surface area contributed by atoms with E-state index in [-0.39, 0.29) is 6.61 Å². The fourth-order valence-electron chi connectivity index (χ4n) is 1.34. The lowest BCUT2D eigenvalue weighted by atomic mass is 10.3. The molecule has 0 radical (unpaired) electrons. The number of aliphatic hydroxyl groups is 1. The van der Waals surface area contributed by atoms with E-state index in [0.29, 0.717) is 6.42 Å². The molecule has 0 unspecified atom stereocenters. The molecule has 0 aromatic carbocycles. The molecule has 0 atom stereocenters. The van der Waals surface area contributed by atoms with Crippen molar-refractivity contribution < 1.29 is 5.11 Å². The molecule has 94 valence electrons. The van der Waals surface area contributed by atoms with Gasteiger partial charge in [0.05, 0.1) is 6.61 Å². The Labute approximate surface area is 112 Å². The van der Waals surface area contributed by atoms with E-state index in [1.807, 2.05) is 11.8 Å². The Morgan fingerprint density at radius 3 is 3.06 bits per heavy atom. The second-order valence-corrected chi connectivity index (χ2v) is 5.79. The van der Waals surface area contributed by atoms with Crippen LogP contribution in [0.5, 0.6) is 0 Å². The smallest absolute Gasteiger partial charge is 0.0540 e. The van der Waals surface area contributed by atoms with Crippen molar-refractivity contribution in [3.05, 3.63) is 21.9 Å². The van der Waals surface area contributed by atoms with Gasteiger partial charge in [-0.15, -0.1) is 11.3 Å². The molecular formula is C13H19NOS2. The maximum absolute atomic E-state index is 8.64. The Morgan fingerprint density at radius 1 is 1.53 bits per heavy atom. The molecule has 0 spiro atoms. The number of thiophene rings is 1. The summed E-state index contributed by atoms with van der Waals surface area (Å²) >= 11 is 3.63. The van der Waals surface area contributed by atoms with Gasteiger partial charge in [-0.25, -0.2) is 0 Å². The summed E-state index contributed by atoms with van der Waals surface area (Å²) in [4.78, 5) is 3.68. The molecule has 4 heteroatoms. The number of hydrogen-bond acceptors (Lipinski definition) is 4. The van der Waals surface area contributed by atoms with Crippen LogP contribution in [0, 0.1) is 11.8 Å². The maximum Gasteiger partial charge on any atom is 0.0540 e. The number of nitrogens with zero attached hydrogens (tertiary/aromatic N) is 1. The minimum atomic E-state index is 0.140. The summed E-state index contributed by atoms with van der Waals surface area (Å²) in [6, 6.07) is 2.14. The van der Waals surface area contributed by atoms with Gasteiger partial charge in [-0.3, -0.25) is 0 Å². The molecular weight excluding hydrogens is 250 g/mol. The predicted octanol–water partition coefficient (Wildman–Crippen LogP) is 2.28. The van der Waals surface area contributed by atoms with Crippen LogP contribution in [0.25, 0.3) is 0 Å². The average molecular weight is 269 g/mol. The van der Waals surface area contributed by atoms with Crippen LogP contribution in [0.15, 0.2) is 11.4 Å². The predicted molar refractivity (Wildman–Crippen MR) is 77.6 cm³/mol. The Balaban J connectivity index is 2.43. The molecule has 0 saturated heterocycles. The van der Waals surface area contributed by atoms with Crippen molar-refractivity contribution in [1.82, 2.24) is 4.90 Å². The number of rotatable bonds is 6. The normalized spacial score (nSPS) is 10.4. The minimum Gasteiger partial charge on any atom is -0.395 e. The second-order valence-electron chi connectivity index (χ2n) is 3.81. The number of thioether (sulfide) groups is 1. The molecule has 1 aromatic rings. The Kier molecular flexibility index (Phi) is 7.38. The molecule has 1 rings (SSSR count). The second kappa shape index (κ2) is 8.60. The largest absolute Gasteiger partial charge is 0.395 e. The third kappa shape index (κ3) is 6.13. The molecule has 0 aliphatic rings. The molecule has 0 aliphatic carbocycles. The molecule has 2 nitrogen and oxygen atoms in total. The van der Waals surface area contributed by atoms with Crippen molar-refractivity contribution in [3.63, 3.8) is 0 Å². The van der Waals surface area contributed by atoms with Crippen LogP contribution >= 0.6 is 23.1 Å². The molecule has 0 bridgehead atoms. The first kappa shape index (κ1) is 14.6. The quantitative estimate of drug-likeness (QED) is 0.802. The molecule has 1 aromatic heterocycles. The lowest BCUT2D eigenvalue weighted by molar-refractivity contribution is 0.305. The lowest BCUT2D eigenvalue weighted by Gasteiger charge is -2.14. The van der Waals surface area contributed by atoms with Crippen molar-refractivity contribution in [2.75, 3.05) is 32.2 Å². The van der Waals surface area contributed by atoms with Crippen LogP contribution in [0.4, 0.5) is 0 Å². The van der Waals surface area contributed by atoms with Gasteiger partial charge in [0.25, 0.3) is 0 Å². The van der Waals surface area contributed by atoms with Gasteiger partial charge in [-0.05, 0) is 19.4 Å². The van der Waals surface area contributed by atoms with Gasteiger partial charge < -0.3 is 10.0 Å². The van der Waals surface area contributed by atoms with Gasteiger partial charge >= 0.3 is 0 Å². The van der Waals surface area contributed by atoms with E-state index in [0.717, 1.165) is 18.7 Å². The van der Waals surface area contributed by atoms with Crippen molar-refractivity contribution in [3.8, 4) is 11.8 Å².